The van der Waals surface area contributed by atoms with Gasteiger partial charge in [0.2, 0.25) is 0 Å². The van der Waals surface area contributed by atoms with Crippen molar-refractivity contribution in [3.8, 4) is 10.4 Å². The number of ether oxygens (including phenoxy) is 1. The van der Waals surface area contributed by atoms with Gasteiger partial charge in [0, 0.05) is 19.2 Å². The molecule has 0 radical (unpaired) electrons. The Hall–Kier alpha value is -1.23. The Bertz CT molecular complexity index is 574. The van der Waals surface area contributed by atoms with Crippen LogP contribution in [0.5, 0.6) is 0 Å². The second-order valence-corrected chi connectivity index (χ2v) is 6.76. The van der Waals surface area contributed by atoms with Crippen LogP contribution in [0.15, 0.2) is 30.3 Å². The number of nitrogens with zero attached hydrogens (tertiary/aromatic N) is 1. The fraction of sp³-hybridized carbons (Fsp3) is 0.471. The van der Waals surface area contributed by atoms with Crippen LogP contribution in [0, 0.1) is 0 Å². The van der Waals surface area contributed by atoms with E-state index in [-0.39, 0.29) is 6.10 Å². The maximum Gasteiger partial charge on any atom is 0.122 e. The molecule has 2 heterocycles. The summed E-state index contributed by atoms with van der Waals surface area (Å²) < 4.78 is 5.80. The normalized spacial score (nSPS) is 18.5. The highest BCUT2D eigenvalue weighted by Crippen LogP contribution is 2.37. The topological polar surface area (TPSA) is 34.2 Å². The van der Waals surface area contributed by atoms with Crippen molar-refractivity contribution in [3.63, 3.8) is 0 Å². The lowest BCUT2D eigenvalue weighted by Gasteiger charge is -2.07. The van der Waals surface area contributed by atoms with Crippen LogP contribution in [0.3, 0.4) is 0 Å². The Morgan fingerprint density at radius 1 is 1.33 bits per heavy atom. The predicted octanol–water partition coefficient (Wildman–Crippen LogP) is 4.16. The van der Waals surface area contributed by atoms with Gasteiger partial charge in [-0.3, -0.25) is 0 Å². The minimum Gasteiger partial charge on any atom is -0.371 e. The van der Waals surface area contributed by atoms with Crippen molar-refractivity contribution < 1.29 is 4.74 Å². The fourth-order valence-corrected chi connectivity index (χ4v) is 3.69. The van der Waals surface area contributed by atoms with E-state index in [0.717, 1.165) is 36.7 Å². The first-order chi connectivity index (χ1) is 10.2. The Kier molecular flexibility index (Phi) is 4.68. The van der Waals surface area contributed by atoms with Crippen molar-refractivity contribution >= 4 is 11.3 Å². The summed E-state index contributed by atoms with van der Waals surface area (Å²) in [6, 6.07) is 11.0. The zero-order valence-corrected chi connectivity index (χ0v) is 13.5. The van der Waals surface area contributed by atoms with E-state index in [9.17, 15) is 0 Å². The number of aromatic nitrogens is 1. The van der Waals surface area contributed by atoms with Gasteiger partial charge in [0.25, 0.3) is 0 Å². The quantitative estimate of drug-likeness (QED) is 0.900. The summed E-state index contributed by atoms with van der Waals surface area (Å²) in [4.78, 5) is 6.14. The van der Waals surface area contributed by atoms with E-state index in [4.69, 9.17) is 9.72 Å². The number of rotatable bonds is 5. The molecular weight excluding hydrogens is 280 g/mol. The van der Waals surface area contributed by atoms with Crippen LogP contribution in [0.4, 0.5) is 0 Å². The third-order valence-corrected chi connectivity index (χ3v) is 4.87. The standard InChI is InChI=1S/C17H22N2OS/c1-12(2)18-11-14-16(13-7-4-3-5-8-13)21-17(19-14)15-9-6-10-20-15/h3-5,7-8,12,15,18H,6,9-11H2,1-2H3. The monoisotopic (exact) mass is 302 g/mol. The molecule has 112 valence electrons. The third-order valence-electron chi connectivity index (χ3n) is 3.63. The van der Waals surface area contributed by atoms with Crippen molar-refractivity contribution in [2.75, 3.05) is 6.61 Å². The second kappa shape index (κ2) is 6.69. The molecule has 1 aromatic heterocycles. The highest BCUT2D eigenvalue weighted by atomic mass is 32.1. The minimum absolute atomic E-state index is 0.199. The molecule has 1 aliphatic rings. The van der Waals surface area contributed by atoms with E-state index in [1.807, 2.05) is 0 Å². The molecule has 0 bridgehead atoms. The Morgan fingerprint density at radius 3 is 2.81 bits per heavy atom. The first-order valence-electron chi connectivity index (χ1n) is 7.64. The predicted molar refractivity (Wildman–Crippen MR) is 87.5 cm³/mol. The van der Waals surface area contributed by atoms with Gasteiger partial charge in [0.05, 0.1) is 10.6 Å². The molecule has 4 heteroatoms. The van der Waals surface area contributed by atoms with Gasteiger partial charge in [-0.15, -0.1) is 11.3 Å². The van der Waals surface area contributed by atoms with Crippen molar-refractivity contribution in [3.05, 3.63) is 41.0 Å². The first kappa shape index (κ1) is 14.7. The van der Waals surface area contributed by atoms with Gasteiger partial charge < -0.3 is 10.1 Å². The maximum atomic E-state index is 5.80. The molecule has 1 N–H and O–H groups in total. The molecule has 21 heavy (non-hydrogen) atoms. The maximum absolute atomic E-state index is 5.80. The van der Waals surface area contributed by atoms with Crippen molar-refractivity contribution in [1.29, 1.82) is 0 Å². The summed E-state index contributed by atoms with van der Waals surface area (Å²) in [5, 5.41) is 4.61. The summed E-state index contributed by atoms with van der Waals surface area (Å²) in [6.07, 6.45) is 2.44. The Morgan fingerprint density at radius 2 is 2.14 bits per heavy atom. The molecule has 1 unspecified atom stereocenters. The molecule has 0 amide bonds. The lowest BCUT2D eigenvalue weighted by atomic mass is 10.1. The van der Waals surface area contributed by atoms with Gasteiger partial charge in [-0.2, -0.15) is 0 Å². The van der Waals surface area contributed by atoms with Crippen LogP contribution in [0.1, 0.15) is 43.5 Å². The molecule has 0 saturated carbocycles. The number of nitrogens with one attached hydrogen (secondary N) is 1. The van der Waals surface area contributed by atoms with Gasteiger partial charge in [-0.25, -0.2) is 4.98 Å². The Labute approximate surface area is 130 Å². The first-order valence-corrected chi connectivity index (χ1v) is 8.45. The summed E-state index contributed by atoms with van der Waals surface area (Å²) in [5.41, 5.74) is 2.39. The summed E-state index contributed by atoms with van der Waals surface area (Å²) in [7, 11) is 0. The average Bonchev–Trinajstić information content (AvgIpc) is 3.15. The van der Waals surface area contributed by atoms with Gasteiger partial charge in [-0.05, 0) is 18.4 Å². The second-order valence-electron chi connectivity index (χ2n) is 5.73. The van der Waals surface area contributed by atoms with Gasteiger partial charge in [-0.1, -0.05) is 44.2 Å². The van der Waals surface area contributed by atoms with Crippen molar-refractivity contribution in [2.45, 2.75) is 45.4 Å². The Balaban J connectivity index is 1.91. The van der Waals surface area contributed by atoms with Gasteiger partial charge in [0.1, 0.15) is 11.1 Å². The fourth-order valence-electron chi connectivity index (χ4n) is 2.52. The van der Waals surface area contributed by atoms with Gasteiger partial charge in [0.15, 0.2) is 0 Å². The summed E-state index contributed by atoms with van der Waals surface area (Å²) in [6.45, 7) is 6.00. The largest absolute Gasteiger partial charge is 0.371 e. The number of thiazole rings is 1. The molecular formula is C17H22N2OS. The van der Waals surface area contributed by atoms with E-state index in [0.29, 0.717) is 6.04 Å². The molecule has 0 spiro atoms. The van der Waals surface area contributed by atoms with Crippen LogP contribution in [0.2, 0.25) is 0 Å². The van der Waals surface area contributed by atoms with E-state index in [2.05, 4.69) is 49.5 Å². The molecule has 3 rings (SSSR count). The van der Waals surface area contributed by atoms with E-state index >= 15 is 0 Å². The molecule has 1 saturated heterocycles. The third kappa shape index (κ3) is 3.51. The van der Waals surface area contributed by atoms with Crippen LogP contribution >= 0.6 is 11.3 Å². The summed E-state index contributed by atoms with van der Waals surface area (Å²) in [5.74, 6) is 0. The zero-order valence-electron chi connectivity index (χ0n) is 12.6. The molecule has 1 atom stereocenters. The number of hydrogen-bond donors (Lipinski definition) is 1. The smallest absolute Gasteiger partial charge is 0.122 e. The molecule has 1 fully saturated rings. The molecule has 1 aliphatic heterocycles. The van der Waals surface area contributed by atoms with Crippen LogP contribution < -0.4 is 5.32 Å². The van der Waals surface area contributed by atoms with Crippen LogP contribution in [-0.2, 0) is 11.3 Å². The molecule has 3 nitrogen and oxygen atoms in total. The highest BCUT2D eigenvalue weighted by Gasteiger charge is 2.23. The summed E-state index contributed by atoms with van der Waals surface area (Å²) >= 11 is 1.79. The van der Waals surface area contributed by atoms with E-state index in [1.165, 1.54) is 10.4 Å². The molecule has 0 aliphatic carbocycles. The van der Waals surface area contributed by atoms with Crippen LogP contribution in [-0.4, -0.2) is 17.6 Å². The average molecular weight is 302 g/mol. The molecule has 1 aromatic carbocycles. The SMILES string of the molecule is CC(C)NCc1nc(C2CCCO2)sc1-c1ccccc1. The molecule has 2 aromatic rings. The lowest BCUT2D eigenvalue weighted by Crippen LogP contribution is -2.22. The minimum atomic E-state index is 0.199. The van der Waals surface area contributed by atoms with Crippen molar-refractivity contribution in [2.24, 2.45) is 0 Å². The number of hydrogen-bond acceptors (Lipinski definition) is 4. The highest BCUT2D eigenvalue weighted by molar-refractivity contribution is 7.15. The number of benzene rings is 1. The van der Waals surface area contributed by atoms with Gasteiger partial charge >= 0.3 is 0 Å². The van der Waals surface area contributed by atoms with E-state index in [1.54, 1.807) is 11.3 Å². The van der Waals surface area contributed by atoms with E-state index < -0.39 is 0 Å². The van der Waals surface area contributed by atoms with Crippen LogP contribution in [0.25, 0.3) is 10.4 Å². The zero-order chi connectivity index (χ0) is 14.7. The van der Waals surface area contributed by atoms with Crippen molar-refractivity contribution in [1.82, 2.24) is 10.3 Å². The lowest BCUT2D eigenvalue weighted by molar-refractivity contribution is 0.111.